The highest BCUT2D eigenvalue weighted by Gasteiger charge is 2.51. The number of amides is 4. The summed E-state index contributed by atoms with van der Waals surface area (Å²) in [6.07, 6.45) is 0.392. The Morgan fingerprint density at radius 3 is 2.24 bits per heavy atom. The maximum atomic E-state index is 13.3. The Morgan fingerprint density at radius 1 is 1.10 bits per heavy atom. The van der Waals surface area contributed by atoms with Crippen LogP contribution in [0.4, 0.5) is 19.3 Å². The quantitative estimate of drug-likeness (QED) is 0.871. The van der Waals surface area contributed by atoms with Crippen LogP contribution in [0.15, 0.2) is 18.2 Å². The summed E-state index contributed by atoms with van der Waals surface area (Å²) in [5.41, 5.74) is -1.49. The predicted molar refractivity (Wildman–Crippen MR) is 70.4 cm³/mol. The molecule has 7 heteroatoms. The van der Waals surface area contributed by atoms with Gasteiger partial charge < -0.3 is 0 Å². The number of barbiturate groups is 1. The van der Waals surface area contributed by atoms with Gasteiger partial charge in [0.25, 0.3) is 5.91 Å². The Labute approximate surface area is 119 Å². The second-order valence-corrected chi connectivity index (χ2v) is 4.79. The zero-order valence-electron chi connectivity index (χ0n) is 11.6. The SMILES string of the molecule is CCC1(CC)C(=O)NC(=O)N(c2ccc(F)c(F)c2)C1=O. The Hall–Kier alpha value is -2.31. The van der Waals surface area contributed by atoms with Crippen LogP contribution < -0.4 is 10.2 Å². The fourth-order valence-corrected chi connectivity index (χ4v) is 2.41. The molecule has 1 aromatic carbocycles. The monoisotopic (exact) mass is 296 g/mol. The fourth-order valence-electron chi connectivity index (χ4n) is 2.41. The first-order chi connectivity index (χ1) is 9.87. The third kappa shape index (κ3) is 2.18. The first-order valence-corrected chi connectivity index (χ1v) is 6.52. The van der Waals surface area contributed by atoms with Crippen LogP contribution in [0.3, 0.4) is 0 Å². The van der Waals surface area contributed by atoms with Crippen molar-refractivity contribution in [2.45, 2.75) is 26.7 Å². The van der Waals surface area contributed by atoms with Crippen LogP contribution in [-0.4, -0.2) is 17.8 Å². The van der Waals surface area contributed by atoms with Crippen LogP contribution in [0, 0.1) is 17.0 Å². The largest absolute Gasteiger partial charge is 0.335 e. The molecule has 0 aromatic heterocycles. The summed E-state index contributed by atoms with van der Waals surface area (Å²) in [5, 5.41) is 2.10. The molecule has 1 aliphatic heterocycles. The van der Waals surface area contributed by atoms with Crippen molar-refractivity contribution in [1.29, 1.82) is 0 Å². The van der Waals surface area contributed by atoms with Crippen LogP contribution >= 0.6 is 0 Å². The standard InChI is InChI=1S/C14H14F2N2O3/c1-3-14(4-2)11(19)17-13(21)18(12(14)20)8-5-6-9(15)10(16)7-8/h5-7H,3-4H2,1-2H3,(H,17,19,21). The van der Waals surface area contributed by atoms with Crippen molar-refractivity contribution in [3.05, 3.63) is 29.8 Å². The van der Waals surface area contributed by atoms with E-state index >= 15 is 0 Å². The highest BCUT2D eigenvalue weighted by atomic mass is 19.2. The van der Waals surface area contributed by atoms with Crippen molar-refractivity contribution in [2.75, 3.05) is 4.90 Å². The normalized spacial score (nSPS) is 17.9. The molecule has 0 spiro atoms. The Balaban J connectivity index is 2.51. The summed E-state index contributed by atoms with van der Waals surface area (Å²) in [4.78, 5) is 37.1. The zero-order valence-corrected chi connectivity index (χ0v) is 11.6. The lowest BCUT2D eigenvalue weighted by molar-refractivity contribution is -0.143. The molecule has 1 fully saturated rings. The first kappa shape index (κ1) is 15.1. The summed E-state index contributed by atoms with van der Waals surface area (Å²) >= 11 is 0. The highest BCUT2D eigenvalue weighted by Crippen LogP contribution is 2.34. The van der Waals surface area contributed by atoms with Gasteiger partial charge in [0.15, 0.2) is 11.6 Å². The van der Waals surface area contributed by atoms with Gasteiger partial charge in [-0.15, -0.1) is 0 Å². The fraction of sp³-hybridized carbons (Fsp3) is 0.357. The van der Waals surface area contributed by atoms with E-state index in [4.69, 9.17) is 0 Å². The lowest BCUT2D eigenvalue weighted by atomic mass is 9.78. The lowest BCUT2D eigenvalue weighted by Crippen LogP contribution is -2.64. The van der Waals surface area contributed by atoms with E-state index in [9.17, 15) is 23.2 Å². The number of anilines is 1. The van der Waals surface area contributed by atoms with Crippen LogP contribution in [0.2, 0.25) is 0 Å². The van der Waals surface area contributed by atoms with E-state index < -0.39 is 34.9 Å². The number of carbonyl (C=O) groups excluding carboxylic acids is 3. The maximum absolute atomic E-state index is 13.3. The number of benzene rings is 1. The van der Waals surface area contributed by atoms with Crippen molar-refractivity contribution < 1.29 is 23.2 Å². The molecule has 112 valence electrons. The number of nitrogens with one attached hydrogen (secondary N) is 1. The van der Waals surface area contributed by atoms with Crippen LogP contribution in [0.5, 0.6) is 0 Å². The Morgan fingerprint density at radius 2 is 1.71 bits per heavy atom. The second-order valence-electron chi connectivity index (χ2n) is 4.79. The number of nitrogens with zero attached hydrogens (tertiary/aromatic N) is 1. The highest BCUT2D eigenvalue weighted by molar-refractivity contribution is 6.29. The van der Waals surface area contributed by atoms with E-state index in [0.717, 1.165) is 18.2 Å². The first-order valence-electron chi connectivity index (χ1n) is 6.52. The van der Waals surface area contributed by atoms with Gasteiger partial charge in [0.1, 0.15) is 5.41 Å². The summed E-state index contributed by atoms with van der Waals surface area (Å²) in [6.45, 7) is 3.31. The summed E-state index contributed by atoms with van der Waals surface area (Å²) in [7, 11) is 0. The molecule has 1 heterocycles. The number of carbonyl (C=O) groups is 3. The molecule has 0 bridgehead atoms. The molecular weight excluding hydrogens is 282 g/mol. The van der Waals surface area contributed by atoms with Crippen molar-refractivity contribution in [1.82, 2.24) is 5.32 Å². The number of hydrogen-bond donors (Lipinski definition) is 1. The Bertz CT molecular complexity index is 627. The Kier molecular flexibility index (Phi) is 3.76. The zero-order chi connectivity index (χ0) is 15.8. The van der Waals surface area contributed by atoms with E-state index in [-0.39, 0.29) is 18.5 Å². The number of urea groups is 1. The minimum absolute atomic E-state index is 0.116. The van der Waals surface area contributed by atoms with Gasteiger partial charge >= 0.3 is 6.03 Å². The van der Waals surface area contributed by atoms with Gasteiger partial charge in [-0.25, -0.2) is 18.5 Å². The molecule has 4 amide bonds. The molecule has 1 saturated heterocycles. The minimum Gasteiger partial charge on any atom is -0.276 e. The van der Waals surface area contributed by atoms with Gasteiger partial charge in [-0.3, -0.25) is 14.9 Å². The molecule has 0 saturated carbocycles. The predicted octanol–water partition coefficient (Wildman–Crippen LogP) is 2.35. The number of halogens is 2. The molecule has 0 aliphatic carbocycles. The molecule has 21 heavy (non-hydrogen) atoms. The molecule has 1 N–H and O–H groups in total. The molecule has 0 unspecified atom stereocenters. The van der Waals surface area contributed by atoms with Gasteiger partial charge in [-0.1, -0.05) is 13.8 Å². The van der Waals surface area contributed by atoms with Gasteiger partial charge in [-0.2, -0.15) is 0 Å². The smallest absolute Gasteiger partial charge is 0.276 e. The second kappa shape index (κ2) is 5.23. The molecule has 5 nitrogen and oxygen atoms in total. The number of hydrogen-bond acceptors (Lipinski definition) is 3. The van der Waals surface area contributed by atoms with E-state index in [2.05, 4.69) is 5.32 Å². The van der Waals surface area contributed by atoms with E-state index in [1.54, 1.807) is 13.8 Å². The molecule has 1 aromatic rings. The third-order valence-corrected chi connectivity index (χ3v) is 3.84. The van der Waals surface area contributed by atoms with Crippen LogP contribution in [-0.2, 0) is 9.59 Å². The van der Waals surface area contributed by atoms with Crippen LogP contribution in [0.25, 0.3) is 0 Å². The van der Waals surface area contributed by atoms with Gasteiger partial charge in [0.05, 0.1) is 5.69 Å². The summed E-state index contributed by atoms with van der Waals surface area (Å²) < 4.78 is 26.3. The van der Waals surface area contributed by atoms with Crippen molar-refractivity contribution in [3.8, 4) is 0 Å². The van der Waals surface area contributed by atoms with Gasteiger partial charge in [0.2, 0.25) is 5.91 Å². The summed E-state index contributed by atoms with van der Waals surface area (Å²) in [6, 6.07) is 1.72. The van der Waals surface area contributed by atoms with Gasteiger partial charge in [0, 0.05) is 6.07 Å². The summed E-state index contributed by atoms with van der Waals surface area (Å²) in [5.74, 6) is -3.66. The lowest BCUT2D eigenvalue weighted by Gasteiger charge is -2.38. The number of rotatable bonds is 3. The molecule has 0 atom stereocenters. The topological polar surface area (TPSA) is 66.5 Å². The number of imide groups is 2. The van der Waals surface area contributed by atoms with Crippen molar-refractivity contribution >= 4 is 23.5 Å². The van der Waals surface area contributed by atoms with Crippen molar-refractivity contribution in [2.24, 2.45) is 5.41 Å². The van der Waals surface area contributed by atoms with Crippen molar-refractivity contribution in [3.63, 3.8) is 0 Å². The van der Waals surface area contributed by atoms with E-state index in [1.807, 2.05) is 0 Å². The maximum Gasteiger partial charge on any atom is 0.335 e. The molecule has 0 radical (unpaired) electrons. The average Bonchev–Trinajstić information content (AvgIpc) is 2.44. The van der Waals surface area contributed by atoms with E-state index in [0.29, 0.717) is 4.90 Å². The molecule has 2 rings (SSSR count). The molecule has 1 aliphatic rings. The van der Waals surface area contributed by atoms with Gasteiger partial charge in [-0.05, 0) is 25.0 Å². The minimum atomic E-state index is -1.38. The third-order valence-electron chi connectivity index (χ3n) is 3.84. The van der Waals surface area contributed by atoms with Crippen LogP contribution in [0.1, 0.15) is 26.7 Å². The molecular formula is C14H14F2N2O3. The van der Waals surface area contributed by atoms with E-state index in [1.165, 1.54) is 0 Å². The average molecular weight is 296 g/mol.